The van der Waals surface area contributed by atoms with Crippen LogP contribution >= 0.6 is 22.9 Å². The lowest BCUT2D eigenvalue weighted by Crippen LogP contribution is -2.45. The zero-order chi connectivity index (χ0) is 19.9. The van der Waals surface area contributed by atoms with E-state index in [0.717, 1.165) is 20.3 Å². The number of anilines is 1. The molecule has 0 aliphatic heterocycles. The molecular weight excluding hydrogens is 418 g/mol. The van der Waals surface area contributed by atoms with E-state index in [1.807, 2.05) is 48.5 Å². The van der Waals surface area contributed by atoms with E-state index in [1.165, 1.54) is 11.3 Å². The first-order chi connectivity index (χ1) is 13.4. The molecule has 28 heavy (non-hydrogen) atoms. The van der Waals surface area contributed by atoms with Gasteiger partial charge in [-0.15, -0.1) is 11.3 Å². The maximum Gasteiger partial charge on any atom is 0.331 e. The highest BCUT2D eigenvalue weighted by molar-refractivity contribution is 7.81. The molecule has 0 spiro atoms. The maximum atomic E-state index is 12.2. The summed E-state index contributed by atoms with van der Waals surface area (Å²) in [4.78, 5) is 13.1. The monoisotopic (exact) mass is 433 g/mol. The highest BCUT2D eigenvalue weighted by Crippen LogP contribution is 2.58. The van der Waals surface area contributed by atoms with E-state index in [9.17, 15) is 18.7 Å². The number of hydrogen-bond donors (Lipinski definition) is 2. The van der Waals surface area contributed by atoms with Crippen LogP contribution in [0.25, 0.3) is 10.4 Å². The highest BCUT2D eigenvalue weighted by Gasteiger charge is 2.67. The van der Waals surface area contributed by atoms with Crippen molar-refractivity contribution >= 4 is 45.2 Å². The minimum atomic E-state index is -2.48. The molecule has 1 fully saturated rings. The zero-order valence-electron chi connectivity index (χ0n) is 14.5. The van der Waals surface area contributed by atoms with E-state index < -0.39 is 22.8 Å². The third-order valence-corrected chi connectivity index (χ3v) is 7.27. The van der Waals surface area contributed by atoms with Gasteiger partial charge in [-0.3, -0.25) is 4.55 Å². The lowest BCUT2D eigenvalue weighted by Gasteiger charge is -2.26. The van der Waals surface area contributed by atoms with Gasteiger partial charge in [-0.2, -0.15) is 0 Å². The van der Waals surface area contributed by atoms with Crippen LogP contribution in [0.1, 0.15) is 17.9 Å². The van der Waals surface area contributed by atoms with Gasteiger partial charge in [0.05, 0.1) is 0 Å². The number of thiophene rings is 1. The summed E-state index contributed by atoms with van der Waals surface area (Å²) in [5, 5.41) is 11.0. The van der Waals surface area contributed by atoms with Gasteiger partial charge in [0.1, 0.15) is 5.00 Å². The molecule has 1 aromatic heterocycles. The van der Waals surface area contributed by atoms with E-state index in [2.05, 4.69) is 0 Å². The molecule has 1 aliphatic carbocycles. The molecule has 3 unspecified atom stereocenters. The van der Waals surface area contributed by atoms with E-state index in [-0.39, 0.29) is 12.3 Å². The quantitative estimate of drug-likeness (QED) is 0.535. The van der Waals surface area contributed by atoms with Gasteiger partial charge in [0, 0.05) is 15.8 Å². The molecule has 2 N–H and O–H groups in total. The molecule has 144 valence electrons. The summed E-state index contributed by atoms with van der Waals surface area (Å²) in [6, 6.07) is 20.0. The molecule has 0 radical (unpaired) electrons. The van der Waals surface area contributed by atoms with E-state index >= 15 is 0 Å². The van der Waals surface area contributed by atoms with Crippen LogP contribution in [0.2, 0.25) is 5.02 Å². The molecule has 3 atom stereocenters. The smallest absolute Gasteiger partial charge is 0.331 e. The summed E-state index contributed by atoms with van der Waals surface area (Å²) in [6.45, 7) is 0. The Labute approximate surface area is 173 Å². The third kappa shape index (κ3) is 3.24. The standard InChI is InChI=1S/C20H16ClNO4S2/c21-15-8-6-14(7-9-15)17-10-11-18(27-17)22(28(25)26)20(19(23)24)12-16(20)13-4-2-1-3-5-13/h1-11,16H,12H2,(H,23,24)(H,25,26). The van der Waals surface area contributed by atoms with E-state index in [0.29, 0.717) is 10.0 Å². The number of aliphatic carboxylic acids is 1. The topological polar surface area (TPSA) is 77.8 Å². The number of nitrogens with zero attached hydrogens (tertiary/aromatic N) is 1. The summed E-state index contributed by atoms with van der Waals surface area (Å²) < 4.78 is 23.3. The molecule has 0 saturated heterocycles. The fourth-order valence-corrected chi connectivity index (χ4v) is 5.70. The molecule has 0 bridgehead atoms. The average molecular weight is 434 g/mol. The minimum absolute atomic E-state index is 0.271. The molecule has 4 rings (SSSR count). The Morgan fingerprint density at radius 2 is 1.79 bits per heavy atom. The summed E-state index contributed by atoms with van der Waals surface area (Å²) in [7, 11) is 0. The molecule has 0 amide bonds. The minimum Gasteiger partial charge on any atom is -0.479 e. The molecule has 3 aromatic rings. The Kier molecular flexibility index (Phi) is 5.01. The Hall–Kier alpha value is -2.19. The highest BCUT2D eigenvalue weighted by atomic mass is 35.5. The largest absolute Gasteiger partial charge is 0.479 e. The Balaban J connectivity index is 1.72. The van der Waals surface area contributed by atoms with Crippen LogP contribution in [-0.4, -0.2) is 25.4 Å². The van der Waals surface area contributed by atoms with Crippen LogP contribution in [0.3, 0.4) is 0 Å². The fraction of sp³-hybridized carbons (Fsp3) is 0.150. The van der Waals surface area contributed by atoms with Gasteiger partial charge < -0.3 is 5.11 Å². The van der Waals surface area contributed by atoms with Crippen LogP contribution in [0, 0.1) is 0 Å². The predicted octanol–water partition coefficient (Wildman–Crippen LogP) is 5.02. The van der Waals surface area contributed by atoms with Crippen LogP contribution in [0.4, 0.5) is 5.00 Å². The molecule has 1 aliphatic rings. The number of carboxylic acid groups (broad SMARTS) is 1. The summed E-state index contributed by atoms with van der Waals surface area (Å²) in [6.07, 6.45) is 0.271. The lowest BCUT2D eigenvalue weighted by molar-refractivity contribution is -0.139. The Morgan fingerprint density at radius 1 is 1.11 bits per heavy atom. The van der Waals surface area contributed by atoms with Gasteiger partial charge in [-0.25, -0.2) is 13.3 Å². The molecule has 1 saturated carbocycles. The van der Waals surface area contributed by atoms with Crippen molar-refractivity contribution in [3.8, 4) is 10.4 Å². The number of halogens is 1. The van der Waals surface area contributed by atoms with Crippen molar-refractivity contribution in [2.45, 2.75) is 17.9 Å². The van der Waals surface area contributed by atoms with Crippen molar-refractivity contribution in [1.29, 1.82) is 0 Å². The van der Waals surface area contributed by atoms with Gasteiger partial charge >= 0.3 is 5.97 Å². The fourth-order valence-electron chi connectivity index (χ4n) is 3.50. The van der Waals surface area contributed by atoms with E-state index in [1.54, 1.807) is 18.2 Å². The first-order valence-corrected chi connectivity index (χ1v) is 10.7. The molecule has 1 heterocycles. The molecule has 8 heteroatoms. The van der Waals surface area contributed by atoms with Gasteiger partial charge in [0.25, 0.3) is 11.3 Å². The lowest BCUT2D eigenvalue weighted by atomic mass is 10.1. The maximum absolute atomic E-state index is 12.2. The molecule has 5 nitrogen and oxygen atoms in total. The van der Waals surface area contributed by atoms with E-state index in [4.69, 9.17) is 11.6 Å². The van der Waals surface area contributed by atoms with Gasteiger partial charge in [-0.05, 0) is 41.8 Å². The summed E-state index contributed by atoms with van der Waals surface area (Å²) in [5.41, 5.74) is 0.308. The number of hydrogen-bond acceptors (Lipinski definition) is 3. The van der Waals surface area contributed by atoms with Crippen molar-refractivity contribution in [1.82, 2.24) is 0 Å². The summed E-state index contributed by atoms with van der Waals surface area (Å²) >= 11 is 4.73. The Morgan fingerprint density at radius 3 is 2.39 bits per heavy atom. The Bertz CT molecular complexity index is 1040. The SMILES string of the molecule is O=C(O)C1(N(c2ccc(-c3ccc(Cl)cc3)s2)S(=O)O)CC1c1ccccc1. The zero-order valence-corrected chi connectivity index (χ0v) is 16.9. The second kappa shape index (κ2) is 7.33. The second-order valence-electron chi connectivity index (χ2n) is 6.57. The van der Waals surface area contributed by atoms with Gasteiger partial charge in [-0.1, -0.05) is 54.1 Å². The average Bonchev–Trinajstić information content (AvgIpc) is 3.24. The van der Waals surface area contributed by atoms with Gasteiger partial charge in [0.15, 0.2) is 5.54 Å². The second-order valence-corrected chi connectivity index (χ2v) is 8.89. The van der Waals surface area contributed by atoms with Crippen molar-refractivity contribution in [3.05, 3.63) is 77.3 Å². The van der Waals surface area contributed by atoms with Gasteiger partial charge in [0.2, 0.25) is 0 Å². The van der Waals surface area contributed by atoms with Crippen molar-refractivity contribution in [3.63, 3.8) is 0 Å². The number of benzene rings is 2. The van der Waals surface area contributed by atoms with Crippen LogP contribution < -0.4 is 4.31 Å². The molecular formula is C20H16ClNO4S2. The van der Waals surface area contributed by atoms with Crippen molar-refractivity contribution < 1.29 is 18.7 Å². The van der Waals surface area contributed by atoms with Crippen LogP contribution in [0.15, 0.2) is 66.7 Å². The number of rotatable bonds is 6. The third-order valence-electron chi connectivity index (χ3n) is 4.94. The first kappa shape index (κ1) is 19.1. The number of carboxylic acids is 1. The normalized spacial score (nSPS) is 21.9. The first-order valence-electron chi connectivity index (χ1n) is 8.49. The van der Waals surface area contributed by atoms with Crippen LogP contribution in [0.5, 0.6) is 0 Å². The number of carbonyl (C=O) groups is 1. The van der Waals surface area contributed by atoms with Crippen molar-refractivity contribution in [2.24, 2.45) is 0 Å². The molecule has 2 aromatic carbocycles. The predicted molar refractivity (Wildman–Crippen MR) is 112 cm³/mol. The van der Waals surface area contributed by atoms with Crippen LogP contribution in [-0.2, 0) is 16.1 Å². The van der Waals surface area contributed by atoms with Crippen molar-refractivity contribution in [2.75, 3.05) is 4.31 Å². The summed E-state index contributed by atoms with van der Waals surface area (Å²) in [5.74, 6) is -1.46.